The van der Waals surface area contributed by atoms with Gasteiger partial charge >= 0.3 is 6.09 Å². The summed E-state index contributed by atoms with van der Waals surface area (Å²) in [4.78, 5) is 53.5. The van der Waals surface area contributed by atoms with Crippen LogP contribution in [0, 0.1) is 11.8 Å². The van der Waals surface area contributed by atoms with Crippen LogP contribution >= 0.6 is 23.2 Å². The highest BCUT2D eigenvalue weighted by molar-refractivity contribution is 6.30. The van der Waals surface area contributed by atoms with Crippen molar-refractivity contribution in [3.8, 4) is 0 Å². The molecule has 2 aromatic rings. The Hall–Kier alpha value is -3.34. The maximum absolute atomic E-state index is 14.1. The summed E-state index contributed by atoms with van der Waals surface area (Å²) in [6.07, 6.45) is 4.85. The first-order chi connectivity index (χ1) is 23.3. The lowest BCUT2D eigenvalue weighted by Crippen LogP contribution is -2.56. The molecule has 1 heterocycles. The summed E-state index contributed by atoms with van der Waals surface area (Å²) >= 11 is 12.5. The van der Waals surface area contributed by atoms with Crippen molar-refractivity contribution >= 4 is 47.0 Å². The van der Waals surface area contributed by atoms with Gasteiger partial charge in [0.1, 0.15) is 12.1 Å². The maximum atomic E-state index is 14.1. The molecule has 0 radical (unpaired) electrons. The highest BCUT2D eigenvalue weighted by Gasteiger charge is 2.42. The number of nitrogens with one attached hydrogen (secondary N) is 4. The zero-order valence-corrected chi connectivity index (χ0v) is 29.7. The van der Waals surface area contributed by atoms with Crippen molar-refractivity contribution in [1.29, 1.82) is 0 Å². The summed E-state index contributed by atoms with van der Waals surface area (Å²) < 4.78 is 5.99. The number of rotatable bonds is 14. The molecular weight excluding hydrogens is 667 g/mol. The Morgan fingerprint density at radius 2 is 1.63 bits per heavy atom. The van der Waals surface area contributed by atoms with Crippen LogP contribution in [0.2, 0.25) is 10.0 Å². The average Bonchev–Trinajstić information content (AvgIpc) is 3.82. The standard InChI is InChI=1S/C37H48Cl2N4O6/c1-37(2)21-25(33(45)43-37)20-29(32(44)35(47)40-28-14-15-28)41-34(46)30(17-22-8-4-3-5-9-22)42-36(48)49-31(24-11-7-13-27(39)19-24)18-23-10-6-12-26(38)16-23/h6-7,10-13,16,19,22,25,28-32,44H,3-5,8-9,14-15,17-18,20-21H2,1-2H3,(H,40,47)(H,41,46)(H,42,48)(H,43,45)/t25?,29?,30-,31?,32?/m0/s1. The van der Waals surface area contributed by atoms with E-state index in [1.807, 2.05) is 32.0 Å². The fraction of sp³-hybridized carbons (Fsp3) is 0.568. The van der Waals surface area contributed by atoms with Gasteiger partial charge in [-0.05, 0) is 87.3 Å². The third-order valence-electron chi connectivity index (χ3n) is 9.71. The molecule has 2 aliphatic carbocycles. The van der Waals surface area contributed by atoms with E-state index in [4.69, 9.17) is 27.9 Å². The summed E-state index contributed by atoms with van der Waals surface area (Å²) in [5, 5.41) is 23.7. The molecule has 12 heteroatoms. The van der Waals surface area contributed by atoms with E-state index in [9.17, 15) is 24.3 Å². The fourth-order valence-electron chi connectivity index (χ4n) is 7.04. The Kier molecular flexibility index (Phi) is 12.5. The lowest BCUT2D eigenvalue weighted by atomic mass is 9.84. The van der Waals surface area contributed by atoms with Gasteiger partial charge in [-0.2, -0.15) is 0 Å². The Balaban J connectivity index is 1.34. The molecule has 2 saturated carbocycles. The van der Waals surface area contributed by atoms with Crippen molar-refractivity contribution < 1.29 is 29.0 Å². The lowest BCUT2D eigenvalue weighted by molar-refractivity contribution is -0.134. The van der Waals surface area contributed by atoms with Crippen molar-refractivity contribution in [1.82, 2.24) is 21.3 Å². The van der Waals surface area contributed by atoms with Crippen LogP contribution in [-0.4, -0.2) is 58.7 Å². The first-order valence-electron chi connectivity index (χ1n) is 17.4. The van der Waals surface area contributed by atoms with Gasteiger partial charge in [0, 0.05) is 34.0 Å². The van der Waals surface area contributed by atoms with E-state index in [1.165, 1.54) is 0 Å². The molecule has 0 aromatic heterocycles. The maximum Gasteiger partial charge on any atom is 0.408 e. The fourth-order valence-corrected chi connectivity index (χ4v) is 7.46. The zero-order valence-electron chi connectivity index (χ0n) is 28.2. The van der Waals surface area contributed by atoms with Crippen LogP contribution in [0.25, 0.3) is 0 Å². The summed E-state index contributed by atoms with van der Waals surface area (Å²) in [7, 11) is 0. The van der Waals surface area contributed by atoms with Crippen LogP contribution in [0.4, 0.5) is 4.79 Å². The van der Waals surface area contributed by atoms with Crippen LogP contribution in [0.5, 0.6) is 0 Å². The van der Waals surface area contributed by atoms with Crippen LogP contribution in [-0.2, 0) is 25.5 Å². The van der Waals surface area contributed by atoms with E-state index in [0.29, 0.717) is 34.9 Å². The molecule has 49 heavy (non-hydrogen) atoms. The predicted octanol–water partition coefficient (Wildman–Crippen LogP) is 5.77. The molecule has 2 aromatic carbocycles. The molecule has 5 rings (SSSR count). The van der Waals surface area contributed by atoms with Crippen molar-refractivity contribution in [3.63, 3.8) is 0 Å². The normalized spacial score (nSPS) is 21.5. The van der Waals surface area contributed by atoms with Crippen LogP contribution in [0.15, 0.2) is 48.5 Å². The van der Waals surface area contributed by atoms with E-state index < -0.39 is 53.7 Å². The Morgan fingerprint density at radius 1 is 0.939 bits per heavy atom. The second-order valence-electron chi connectivity index (χ2n) is 14.6. The third-order valence-corrected chi connectivity index (χ3v) is 10.2. The highest BCUT2D eigenvalue weighted by Crippen LogP contribution is 2.31. The number of aliphatic hydroxyl groups excluding tert-OH is 1. The minimum absolute atomic E-state index is 0.00190. The van der Waals surface area contributed by atoms with E-state index in [-0.39, 0.29) is 24.3 Å². The lowest BCUT2D eigenvalue weighted by Gasteiger charge is -2.30. The number of hydrogen-bond donors (Lipinski definition) is 5. The van der Waals surface area contributed by atoms with Gasteiger partial charge < -0.3 is 31.1 Å². The molecule has 5 N–H and O–H groups in total. The van der Waals surface area contributed by atoms with Crippen molar-refractivity contribution in [3.05, 3.63) is 69.7 Å². The SMILES string of the molecule is CC1(C)CC(CC(NC(=O)[C@H](CC2CCCCC2)NC(=O)OC(Cc2cccc(Cl)c2)c2cccc(Cl)c2)C(O)C(=O)NC2CC2)C(=O)N1. The molecule has 3 aliphatic rings. The molecule has 4 unspecified atom stereocenters. The monoisotopic (exact) mass is 714 g/mol. The minimum Gasteiger partial charge on any atom is -0.441 e. The van der Waals surface area contributed by atoms with Gasteiger partial charge in [-0.15, -0.1) is 0 Å². The topological polar surface area (TPSA) is 146 Å². The van der Waals surface area contributed by atoms with Crippen LogP contribution in [0.1, 0.15) is 95.3 Å². The second-order valence-corrected chi connectivity index (χ2v) is 15.4. The van der Waals surface area contributed by atoms with Crippen molar-refractivity contribution in [2.45, 2.75) is 120 Å². The first-order valence-corrected chi connectivity index (χ1v) is 18.2. The van der Waals surface area contributed by atoms with Gasteiger partial charge in [0.2, 0.25) is 11.8 Å². The number of carbonyl (C=O) groups excluding carboxylic acids is 4. The number of halogens is 2. The largest absolute Gasteiger partial charge is 0.441 e. The first kappa shape index (κ1) is 36.9. The number of amides is 4. The Morgan fingerprint density at radius 3 is 2.27 bits per heavy atom. The number of alkyl carbamates (subject to hydrolysis) is 1. The van der Waals surface area contributed by atoms with Gasteiger partial charge in [-0.1, -0.05) is 79.6 Å². The number of hydrogen-bond acceptors (Lipinski definition) is 6. The van der Waals surface area contributed by atoms with Gasteiger partial charge in [-0.3, -0.25) is 14.4 Å². The second kappa shape index (κ2) is 16.6. The molecule has 1 saturated heterocycles. The van der Waals surface area contributed by atoms with Gasteiger partial charge in [0.05, 0.1) is 6.04 Å². The van der Waals surface area contributed by atoms with E-state index >= 15 is 0 Å². The third kappa shape index (κ3) is 11.1. The molecule has 0 bridgehead atoms. The Bertz CT molecular complexity index is 1490. The van der Waals surface area contributed by atoms with Crippen molar-refractivity contribution in [2.24, 2.45) is 11.8 Å². The molecule has 5 atom stereocenters. The number of benzene rings is 2. The highest BCUT2D eigenvalue weighted by atomic mass is 35.5. The molecular formula is C37H48Cl2N4O6. The van der Waals surface area contributed by atoms with E-state index in [1.54, 1.807) is 30.3 Å². The molecule has 3 fully saturated rings. The summed E-state index contributed by atoms with van der Waals surface area (Å²) in [5.74, 6) is -1.64. The van der Waals surface area contributed by atoms with E-state index in [2.05, 4.69) is 21.3 Å². The summed E-state index contributed by atoms with van der Waals surface area (Å²) in [5.41, 5.74) is 1.08. The molecule has 1 aliphatic heterocycles. The van der Waals surface area contributed by atoms with Crippen LogP contribution < -0.4 is 21.3 Å². The van der Waals surface area contributed by atoms with E-state index in [0.717, 1.165) is 50.5 Å². The van der Waals surface area contributed by atoms with Crippen LogP contribution in [0.3, 0.4) is 0 Å². The number of ether oxygens (including phenoxy) is 1. The predicted molar refractivity (Wildman–Crippen MR) is 188 cm³/mol. The van der Waals surface area contributed by atoms with Gasteiger partial charge in [0.15, 0.2) is 6.10 Å². The molecule has 0 spiro atoms. The molecule has 266 valence electrons. The van der Waals surface area contributed by atoms with Gasteiger partial charge in [0.25, 0.3) is 5.91 Å². The number of carbonyl (C=O) groups is 4. The summed E-state index contributed by atoms with van der Waals surface area (Å²) in [6.45, 7) is 3.82. The molecule has 10 nitrogen and oxygen atoms in total. The minimum atomic E-state index is -1.58. The smallest absolute Gasteiger partial charge is 0.408 e. The van der Waals surface area contributed by atoms with Crippen molar-refractivity contribution in [2.75, 3.05) is 0 Å². The number of aliphatic hydroxyl groups is 1. The Labute approximate surface area is 298 Å². The molecule has 4 amide bonds. The average molecular weight is 716 g/mol. The van der Waals surface area contributed by atoms with Gasteiger partial charge in [-0.25, -0.2) is 4.79 Å². The summed E-state index contributed by atoms with van der Waals surface area (Å²) in [6, 6.07) is 12.3. The quantitative estimate of drug-likeness (QED) is 0.168. The zero-order chi connectivity index (χ0) is 35.1.